The maximum atomic E-state index is 10.5. The molecule has 1 heterocycles. The number of hydrogen-bond acceptors (Lipinski definition) is 4. The van der Waals surface area contributed by atoms with Crippen LogP contribution in [0.1, 0.15) is 19.8 Å². The lowest BCUT2D eigenvalue weighted by atomic mass is 9.90. The summed E-state index contributed by atoms with van der Waals surface area (Å²) in [6.45, 7) is 1.86. The van der Waals surface area contributed by atoms with Gasteiger partial charge in [-0.25, -0.2) is 0 Å². The van der Waals surface area contributed by atoms with Gasteiger partial charge in [0.25, 0.3) is 0 Å². The molecule has 0 aliphatic carbocycles. The standard InChI is InChI=1S/C13H15BO4/c1-11(15)16-10-6-2-5-9-14-17-12-7-3-4-8-13(12)18-14/h3-5,7-9H,2,6,10H2,1H3/b9-5-. The Balaban J connectivity index is 1.68. The number of ether oxygens (including phenoxy) is 1. The largest absolute Gasteiger partial charge is 0.624 e. The zero-order valence-electron chi connectivity index (χ0n) is 10.3. The van der Waals surface area contributed by atoms with Crippen LogP contribution in [-0.4, -0.2) is 19.7 Å². The third kappa shape index (κ3) is 3.55. The van der Waals surface area contributed by atoms with Crippen LogP contribution in [0.2, 0.25) is 0 Å². The van der Waals surface area contributed by atoms with E-state index in [1.807, 2.05) is 36.3 Å². The Morgan fingerprint density at radius 1 is 1.33 bits per heavy atom. The Labute approximate surface area is 107 Å². The normalized spacial score (nSPS) is 13.1. The Morgan fingerprint density at radius 2 is 2.00 bits per heavy atom. The highest BCUT2D eigenvalue weighted by molar-refractivity contribution is 6.53. The van der Waals surface area contributed by atoms with E-state index in [2.05, 4.69) is 0 Å². The van der Waals surface area contributed by atoms with Crippen molar-refractivity contribution in [2.24, 2.45) is 0 Å². The molecular weight excluding hydrogens is 231 g/mol. The second-order valence-electron chi connectivity index (χ2n) is 3.96. The van der Waals surface area contributed by atoms with E-state index in [-0.39, 0.29) is 13.1 Å². The number of para-hydroxylation sites is 2. The summed E-state index contributed by atoms with van der Waals surface area (Å²) in [7, 11) is -0.351. The summed E-state index contributed by atoms with van der Waals surface area (Å²) in [5.41, 5.74) is 0. The highest BCUT2D eigenvalue weighted by Crippen LogP contribution is 2.32. The fourth-order valence-corrected chi connectivity index (χ4v) is 1.62. The van der Waals surface area contributed by atoms with Gasteiger partial charge < -0.3 is 14.0 Å². The second-order valence-corrected chi connectivity index (χ2v) is 3.96. The summed E-state index contributed by atoms with van der Waals surface area (Å²) in [5.74, 6) is 3.17. The summed E-state index contributed by atoms with van der Waals surface area (Å²) in [6.07, 6.45) is 3.60. The fourth-order valence-electron chi connectivity index (χ4n) is 1.62. The van der Waals surface area contributed by atoms with Gasteiger partial charge in [-0.1, -0.05) is 18.2 Å². The van der Waals surface area contributed by atoms with Crippen LogP contribution >= 0.6 is 0 Å². The van der Waals surface area contributed by atoms with E-state index in [1.165, 1.54) is 6.92 Å². The van der Waals surface area contributed by atoms with Gasteiger partial charge in [-0.15, -0.1) is 0 Å². The number of esters is 1. The molecule has 0 radical (unpaired) electrons. The smallest absolute Gasteiger partial charge is 0.520 e. The Morgan fingerprint density at radius 3 is 2.61 bits per heavy atom. The van der Waals surface area contributed by atoms with Gasteiger partial charge in [-0.05, 0) is 30.9 Å². The molecule has 0 aromatic heterocycles. The predicted molar refractivity (Wildman–Crippen MR) is 68.5 cm³/mol. The van der Waals surface area contributed by atoms with Crippen molar-refractivity contribution in [3.05, 3.63) is 36.3 Å². The zero-order chi connectivity index (χ0) is 12.8. The molecule has 94 valence electrons. The summed E-state index contributed by atoms with van der Waals surface area (Å²) >= 11 is 0. The molecule has 5 heteroatoms. The van der Waals surface area contributed by atoms with Gasteiger partial charge in [0.15, 0.2) is 0 Å². The Bertz CT molecular complexity index is 419. The van der Waals surface area contributed by atoms with Crippen molar-refractivity contribution < 1.29 is 18.8 Å². The summed E-state index contributed by atoms with van der Waals surface area (Å²) in [4.78, 5) is 10.5. The molecule has 0 saturated carbocycles. The molecule has 1 aliphatic rings. The van der Waals surface area contributed by atoms with Crippen LogP contribution in [0.5, 0.6) is 11.5 Å². The molecule has 0 fully saturated rings. The summed E-state index contributed by atoms with van der Waals surface area (Å²) in [6, 6.07) is 7.58. The Hall–Kier alpha value is -1.91. The third-order valence-electron chi connectivity index (χ3n) is 2.45. The van der Waals surface area contributed by atoms with E-state index in [9.17, 15) is 4.79 Å². The van der Waals surface area contributed by atoms with E-state index in [1.54, 1.807) is 0 Å². The van der Waals surface area contributed by atoms with Crippen molar-refractivity contribution in [1.29, 1.82) is 0 Å². The molecule has 0 unspecified atom stereocenters. The molecule has 0 bridgehead atoms. The monoisotopic (exact) mass is 246 g/mol. The third-order valence-corrected chi connectivity index (χ3v) is 2.45. The first-order valence-corrected chi connectivity index (χ1v) is 5.98. The van der Waals surface area contributed by atoms with Crippen LogP contribution in [0.15, 0.2) is 36.3 Å². The molecule has 4 nitrogen and oxygen atoms in total. The Kier molecular flexibility index (Phi) is 4.28. The minimum atomic E-state index is -0.351. The van der Waals surface area contributed by atoms with Crippen LogP contribution in [-0.2, 0) is 9.53 Å². The first kappa shape index (κ1) is 12.5. The molecule has 1 aromatic rings. The van der Waals surface area contributed by atoms with E-state index < -0.39 is 0 Å². The number of carbonyl (C=O) groups is 1. The minimum Gasteiger partial charge on any atom is -0.520 e. The van der Waals surface area contributed by atoms with Crippen LogP contribution in [0.3, 0.4) is 0 Å². The predicted octanol–water partition coefficient (Wildman–Crippen LogP) is 2.38. The van der Waals surface area contributed by atoms with E-state index in [0.29, 0.717) is 6.61 Å². The SMILES string of the molecule is CC(=O)OCCC/C=C\B1Oc2ccccc2O1. The second kappa shape index (κ2) is 6.14. The van der Waals surface area contributed by atoms with Gasteiger partial charge in [0.1, 0.15) is 11.5 Å². The molecule has 0 amide bonds. The molecule has 0 saturated heterocycles. The van der Waals surface area contributed by atoms with Gasteiger partial charge in [0.2, 0.25) is 0 Å². The molecular formula is C13H15BO4. The maximum absolute atomic E-state index is 10.5. The van der Waals surface area contributed by atoms with Crippen LogP contribution < -0.4 is 9.31 Å². The molecule has 1 aromatic carbocycles. The number of fused-ring (bicyclic) bond motifs is 1. The number of hydrogen-bond donors (Lipinski definition) is 0. The highest BCUT2D eigenvalue weighted by atomic mass is 16.6. The minimum absolute atomic E-state index is 0.239. The number of rotatable bonds is 5. The first-order chi connectivity index (χ1) is 8.75. The van der Waals surface area contributed by atoms with E-state index in [0.717, 1.165) is 24.3 Å². The first-order valence-electron chi connectivity index (χ1n) is 5.98. The van der Waals surface area contributed by atoms with Gasteiger partial charge in [-0.2, -0.15) is 0 Å². The average Bonchev–Trinajstić information content (AvgIpc) is 2.75. The van der Waals surface area contributed by atoms with Gasteiger partial charge in [-0.3, -0.25) is 4.79 Å². The van der Waals surface area contributed by atoms with Crippen molar-refractivity contribution in [2.45, 2.75) is 19.8 Å². The average molecular weight is 246 g/mol. The molecule has 0 spiro atoms. The number of allylic oxidation sites excluding steroid dienone is 1. The quantitative estimate of drug-likeness (QED) is 0.454. The molecule has 1 aliphatic heterocycles. The zero-order valence-corrected chi connectivity index (χ0v) is 10.3. The lowest BCUT2D eigenvalue weighted by Crippen LogP contribution is -2.21. The van der Waals surface area contributed by atoms with E-state index >= 15 is 0 Å². The van der Waals surface area contributed by atoms with Crippen molar-refractivity contribution >= 4 is 13.1 Å². The fraction of sp³-hybridized carbons (Fsp3) is 0.308. The van der Waals surface area contributed by atoms with Crippen molar-refractivity contribution in [3.8, 4) is 11.5 Å². The van der Waals surface area contributed by atoms with Crippen molar-refractivity contribution in [2.75, 3.05) is 6.61 Å². The number of carbonyl (C=O) groups excluding carboxylic acids is 1. The van der Waals surface area contributed by atoms with Crippen molar-refractivity contribution in [3.63, 3.8) is 0 Å². The van der Waals surface area contributed by atoms with Crippen LogP contribution in [0.4, 0.5) is 0 Å². The van der Waals surface area contributed by atoms with Crippen LogP contribution in [0, 0.1) is 0 Å². The molecule has 2 rings (SSSR count). The summed E-state index contributed by atoms with van der Waals surface area (Å²) < 4.78 is 15.9. The maximum Gasteiger partial charge on any atom is 0.624 e. The lowest BCUT2D eigenvalue weighted by molar-refractivity contribution is -0.141. The van der Waals surface area contributed by atoms with Gasteiger partial charge in [0.05, 0.1) is 6.61 Å². The molecule has 0 N–H and O–H groups in total. The van der Waals surface area contributed by atoms with Crippen molar-refractivity contribution in [1.82, 2.24) is 0 Å². The number of unbranched alkanes of at least 4 members (excludes halogenated alkanes) is 1. The van der Waals surface area contributed by atoms with Gasteiger partial charge in [0, 0.05) is 6.92 Å². The van der Waals surface area contributed by atoms with Crippen LogP contribution in [0.25, 0.3) is 0 Å². The highest BCUT2D eigenvalue weighted by Gasteiger charge is 2.28. The van der Waals surface area contributed by atoms with E-state index in [4.69, 9.17) is 14.0 Å². The summed E-state index contributed by atoms with van der Waals surface area (Å²) in [5, 5.41) is 0. The molecule has 18 heavy (non-hydrogen) atoms. The topological polar surface area (TPSA) is 44.8 Å². The number of benzene rings is 1. The van der Waals surface area contributed by atoms with Gasteiger partial charge >= 0.3 is 13.1 Å². The lowest BCUT2D eigenvalue weighted by Gasteiger charge is -1.99. The molecule has 0 atom stereocenters.